The van der Waals surface area contributed by atoms with Crippen LogP contribution in [0.15, 0.2) is 42.5 Å². The van der Waals surface area contributed by atoms with Crippen molar-refractivity contribution in [3.63, 3.8) is 0 Å². The molecule has 2 aromatic carbocycles. The maximum atomic E-state index is 13.0. The van der Waals surface area contributed by atoms with Gasteiger partial charge >= 0.3 is 0 Å². The topological polar surface area (TPSA) is 66.9 Å². The number of rotatable bonds is 4. The summed E-state index contributed by atoms with van der Waals surface area (Å²) in [4.78, 5) is 22.4. The van der Waals surface area contributed by atoms with Gasteiger partial charge in [-0.15, -0.1) is 0 Å². The Morgan fingerprint density at radius 2 is 1.53 bits per heavy atom. The largest absolute Gasteiger partial charge is 0.339 e. The standard InChI is InChI=1S/C25H28N4O/c1-15-6-9-18(10-7-15)27-24-28-20-13-25(4,5)14-21(30)22(20)23(29-24)26-19-11-8-16(2)17(3)12-19/h6-12H,13-14H2,1-5H3,(H2,26,27,28,29). The highest BCUT2D eigenvalue weighted by atomic mass is 16.1. The van der Waals surface area contributed by atoms with Gasteiger partial charge in [0.2, 0.25) is 5.95 Å². The molecule has 30 heavy (non-hydrogen) atoms. The molecule has 0 spiro atoms. The van der Waals surface area contributed by atoms with Crippen molar-refractivity contribution in [2.24, 2.45) is 5.41 Å². The molecule has 1 heterocycles. The van der Waals surface area contributed by atoms with E-state index in [2.05, 4.69) is 57.4 Å². The van der Waals surface area contributed by atoms with E-state index in [9.17, 15) is 4.79 Å². The van der Waals surface area contributed by atoms with Gasteiger partial charge in [-0.1, -0.05) is 37.6 Å². The monoisotopic (exact) mass is 400 g/mol. The fourth-order valence-corrected chi connectivity index (χ4v) is 3.84. The first-order chi connectivity index (χ1) is 14.2. The number of anilines is 4. The Labute approximate surface area is 178 Å². The van der Waals surface area contributed by atoms with Gasteiger partial charge in [-0.3, -0.25) is 4.79 Å². The number of Topliss-reactive ketones (excluding diaryl/α,β-unsaturated/α-hetero) is 1. The molecule has 0 aliphatic heterocycles. The number of nitrogens with zero attached hydrogens (tertiary/aromatic N) is 2. The van der Waals surface area contributed by atoms with Gasteiger partial charge in [0.15, 0.2) is 5.78 Å². The Hall–Kier alpha value is -3.21. The van der Waals surface area contributed by atoms with Crippen LogP contribution in [-0.2, 0) is 6.42 Å². The fourth-order valence-electron chi connectivity index (χ4n) is 3.84. The maximum Gasteiger partial charge on any atom is 0.229 e. The van der Waals surface area contributed by atoms with Crippen LogP contribution in [0.3, 0.4) is 0 Å². The minimum absolute atomic E-state index is 0.0921. The molecule has 0 atom stereocenters. The van der Waals surface area contributed by atoms with E-state index in [1.807, 2.05) is 30.3 Å². The minimum Gasteiger partial charge on any atom is -0.339 e. The smallest absolute Gasteiger partial charge is 0.229 e. The van der Waals surface area contributed by atoms with Gasteiger partial charge in [-0.05, 0) is 68.0 Å². The molecule has 2 N–H and O–H groups in total. The van der Waals surface area contributed by atoms with E-state index in [-0.39, 0.29) is 11.2 Å². The van der Waals surface area contributed by atoms with Crippen LogP contribution in [0, 0.1) is 26.2 Å². The van der Waals surface area contributed by atoms with Crippen molar-refractivity contribution in [1.29, 1.82) is 0 Å². The molecule has 5 heteroatoms. The predicted molar refractivity (Wildman–Crippen MR) is 122 cm³/mol. The lowest BCUT2D eigenvalue weighted by molar-refractivity contribution is 0.0911. The van der Waals surface area contributed by atoms with Crippen LogP contribution in [0.25, 0.3) is 0 Å². The Balaban J connectivity index is 1.77. The Kier molecular flexibility index (Phi) is 5.06. The molecule has 4 rings (SSSR count). The first-order valence-corrected chi connectivity index (χ1v) is 10.3. The molecule has 1 aliphatic rings. The summed E-state index contributed by atoms with van der Waals surface area (Å²) in [5.74, 6) is 1.15. The number of hydrogen-bond donors (Lipinski definition) is 2. The fraction of sp³-hybridized carbons (Fsp3) is 0.320. The van der Waals surface area contributed by atoms with Crippen LogP contribution in [0.1, 0.15) is 53.0 Å². The van der Waals surface area contributed by atoms with Gasteiger partial charge in [0, 0.05) is 17.8 Å². The number of ketones is 1. The maximum absolute atomic E-state index is 13.0. The summed E-state index contributed by atoms with van der Waals surface area (Å²) in [5.41, 5.74) is 6.73. The average Bonchev–Trinajstić information content (AvgIpc) is 2.65. The van der Waals surface area contributed by atoms with Crippen LogP contribution in [0.5, 0.6) is 0 Å². The summed E-state index contributed by atoms with van der Waals surface area (Å²) in [6, 6.07) is 14.3. The van der Waals surface area contributed by atoms with Gasteiger partial charge < -0.3 is 10.6 Å². The molecule has 0 unspecified atom stereocenters. The number of nitrogens with one attached hydrogen (secondary N) is 2. The van der Waals surface area contributed by atoms with Crippen LogP contribution in [0.2, 0.25) is 0 Å². The van der Waals surface area contributed by atoms with Gasteiger partial charge in [0.05, 0.1) is 11.3 Å². The highest BCUT2D eigenvalue weighted by Crippen LogP contribution is 2.38. The lowest BCUT2D eigenvalue weighted by Gasteiger charge is -2.30. The van der Waals surface area contributed by atoms with Crippen LogP contribution < -0.4 is 10.6 Å². The molecular formula is C25H28N4O. The van der Waals surface area contributed by atoms with Crippen molar-refractivity contribution >= 4 is 28.9 Å². The Morgan fingerprint density at radius 3 is 2.23 bits per heavy atom. The number of hydrogen-bond acceptors (Lipinski definition) is 5. The third-order valence-corrected chi connectivity index (χ3v) is 5.63. The molecular weight excluding hydrogens is 372 g/mol. The van der Waals surface area contributed by atoms with Crippen molar-refractivity contribution < 1.29 is 4.79 Å². The lowest BCUT2D eigenvalue weighted by atomic mass is 9.75. The van der Waals surface area contributed by atoms with E-state index in [0.29, 0.717) is 23.8 Å². The second-order valence-electron chi connectivity index (χ2n) is 9.07. The van der Waals surface area contributed by atoms with Gasteiger partial charge in [0.25, 0.3) is 0 Å². The summed E-state index contributed by atoms with van der Waals surface area (Å²) in [6.07, 6.45) is 1.23. The number of carbonyl (C=O) groups is 1. The van der Waals surface area contributed by atoms with Gasteiger partial charge in [0.1, 0.15) is 5.82 Å². The van der Waals surface area contributed by atoms with Crippen molar-refractivity contribution in [2.75, 3.05) is 10.6 Å². The molecule has 5 nitrogen and oxygen atoms in total. The third kappa shape index (κ3) is 4.20. The van der Waals surface area contributed by atoms with Crippen LogP contribution in [0.4, 0.5) is 23.1 Å². The molecule has 0 saturated carbocycles. The predicted octanol–water partition coefficient (Wildman–Crippen LogP) is 6.04. The molecule has 0 bridgehead atoms. The summed E-state index contributed by atoms with van der Waals surface area (Å²) < 4.78 is 0. The number of aryl methyl sites for hydroxylation is 3. The van der Waals surface area contributed by atoms with Crippen molar-refractivity contribution in [3.8, 4) is 0 Å². The zero-order valence-electron chi connectivity index (χ0n) is 18.3. The minimum atomic E-state index is -0.114. The number of carbonyl (C=O) groups excluding carboxylic acids is 1. The normalized spacial score (nSPS) is 14.9. The number of fused-ring (bicyclic) bond motifs is 1. The van der Waals surface area contributed by atoms with E-state index < -0.39 is 0 Å². The Morgan fingerprint density at radius 1 is 0.833 bits per heavy atom. The number of aromatic nitrogens is 2. The second-order valence-corrected chi connectivity index (χ2v) is 9.07. The van der Waals surface area contributed by atoms with E-state index in [4.69, 9.17) is 9.97 Å². The lowest BCUT2D eigenvalue weighted by Crippen LogP contribution is -2.29. The number of benzene rings is 2. The molecule has 0 saturated heterocycles. The van der Waals surface area contributed by atoms with Crippen molar-refractivity contribution in [2.45, 2.75) is 47.5 Å². The first-order valence-electron chi connectivity index (χ1n) is 10.3. The molecule has 0 amide bonds. The van der Waals surface area contributed by atoms with E-state index in [0.717, 1.165) is 23.5 Å². The molecule has 3 aromatic rings. The SMILES string of the molecule is Cc1ccc(Nc2nc3c(c(Nc4ccc(C)c(C)c4)n2)C(=O)CC(C)(C)C3)cc1. The Bertz CT molecular complexity index is 1120. The van der Waals surface area contributed by atoms with Crippen LogP contribution >= 0.6 is 0 Å². The highest BCUT2D eigenvalue weighted by Gasteiger charge is 2.35. The van der Waals surface area contributed by atoms with Crippen molar-refractivity contribution in [3.05, 3.63) is 70.4 Å². The zero-order valence-corrected chi connectivity index (χ0v) is 18.3. The highest BCUT2D eigenvalue weighted by molar-refractivity contribution is 6.03. The first kappa shape index (κ1) is 20.1. The summed E-state index contributed by atoms with van der Waals surface area (Å²) in [5, 5.41) is 6.68. The second kappa shape index (κ2) is 7.56. The summed E-state index contributed by atoms with van der Waals surface area (Å²) in [6.45, 7) is 10.4. The van der Waals surface area contributed by atoms with Gasteiger partial charge in [-0.25, -0.2) is 4.98 Å². The van der Waals surface area contributed by atoms with Crippen molar-refractivity contribution in [1.82, 2.24) is 9.97 Å². The summed E-state index contributed by atoms with van der Waals surface area (Å²) >= 11 is 0. The molecule has 1 aliphatic carbocycles. The zero-order chi connectivity index (χ0) is 21.5. The average molecular weight is 401 g/mol. The van der Waals surface area contributed by atoms with Gasteiger partial charge in [-0.2, -0.15) is 4.98 Å². The molecule has 1 aromatic heterocycles. The summed E-state index contributed by atoms with van der Waals surface area (Å²) in [7, 11) is 0. The van der Waals surface area contributed by atoms with E-state index in [1.54, 1.807) is 0 Å². The quantitative estimate of drug-likeness (QED) is 0.558. The third-order valence-electron chi connectivity index (χ3n) is 5.63. The molecule has 154 valence electrons. The molecule has 0 fully saturated rings. The van der Waals surface area contributed by atoms with E-state index in [1.165, 1.54) is 16.7 Å². The van der Waals surface area contributed by atoms with E-state index >= 15 is 0 Å². The van der Waals surface area contributed by atoms with Crippen LogP contribution in [-0.4, -0.2) is 15.8 Å². The molecule has 0 radical (unpaired) electrons.